The summed E-state index contributed by atoms with van der Waals surface area (Å²) in [5.74, 6) is -0.418. The second-order valence-corrected chi connectivity index (χ2v) is 6.59. The summed E-state index contributed by atoms with van der Waals surface area (Å²) < 4.78 is 27.3. The fraction of sp³-hybridized carbons (Fsp3) is 0.500. The van der Waals surface area contributed by atoms with Gasteiger partial charge in [0, 0.05) is 12.0 Å². The third-order valence-electron chi connectivity index (χ3n) is 2.63. The number of aryl methyl sites for hydroxylation is 2. The summed E-state index contributed by atoms with van der Waals surface area (Å²) in [7, 11) is -3.58. The molecule has 0 heterocycles. The van der Waals surface area contributed by atoms with Gasteiger partial charge in [-0.05, 0) is 25.0 Å². The highest BCUT2D eigenvalue weighted by atomic mass is 32.2. The molecule has 0 amide bonds. The number of benzene rings is 1. The van der Waals surface area contributed by atoms with Gasteiger partial charge in [0.05, 0.1) is 17.3 Å². The number of primary sulfonamides is 1. The molecule has 0 spiro atoms. The van der Waals surface area contributed by atoms with Crippen LogP contribution in [-0.4, -0.2) is 25.7 Å². The normalized spacial score (nSPS) is 13.0. The number of ether oxygens (including phenoxy) is 1. The topological polar surface area (TPSA) is 113 Å². The van der Waals surface area contributed by atoms with Gasteiger partial charge in [0.15, 0.2) is 5.75 Å². The van der Waals surface area contributed by atoms with Crippen molar-refractivity contribution in [3.05, 3.63) is 33.4 Å². The molecule has 0 saturated carbocycles. The molecule has 0 aromatic heterocycles. The number of sulfonamides is 1. The first-order valence-corrected chi connectivity index (χ1v) is 7.70. The molecule has 0 aliphatic heterocycles. The molecule has 0 aliphatic carbocycles. The first-order chi connectivity index (χ1) is 9.10. The molecule has 1 rings (SSSR count). The first kappa shape index (κ1) is 16.4. The second kappa shape index (κ2) is 6.19. The molecule has 2 N–H and O–H groups in total. The van der Waals surface area contributed by atoms with E-state index in [-0.39, 0.29) is 29.7 Å². The second-order valence-electron chi connectivity index (χ2n) is 4.93. The predicted octanol–water partition coefficient (Wildman–Crippen LogP) is 1.52. The van der Waals surface area contributed by atoms with E-state index in [0.29, 0.717) is 5.56 Å². The smallest absolute Gasteiger partial charge is 0.311 e. The summed E-state index contributed by atoms with van der Waals surface area (Å²) in [6, 6.07) is 3.19. The molecule has 8 heteroatoms. The van der Waals surface area contributed by atoms with Crippen LogP contribution in [0.25, 0.3) is 0 Å². The van der Waals surface area contributed by atoms with E-state index in [2.05, 4.69) is 0 Å². The Morgan fingerprint density at radius 3 is 2.50 bits per heavy atom. The van der Waals surface area contributed by atoms with E-state index in [1.54, 1.807) is 26.8 Å². The molecule has 112 valence electrons. The molecule has 1 aromatic carbocycles. The lowest BCUT2D eigenvalue weighted by Gasteiger charge is -2.14. The Hall–Kier alpha value is -1.67. The fourth-order valence-electron chi connectivity index (χ4n) is 1.93. The lowest BCUT2D eigenvalue weighted by atomic mass is 10.1. The largest absolute Gasteiger partial charge is 0.486 e. The highest BCUT2D eigenvalue weighted by Crippen LogP contribution is 2.32. The van der Waals surface area contributed by atoms with Crippen molar-refractivity contribution < 1.29 is 18.1 Å². The van der Waals surface area contributed by atoms with Gasteiger partial charge in [-0.1, -0.05) is 13.0 Å². The minimum atomic E-state index is -3.58. The Labute approximate surface area is 117 Å². The van der Waals surface area contributed by atoms with Crippen LogP contribution in [0.1, 0.15) is 18.1 Å². The Morgan fingerprint density at radius 2 is 2.00 bits per heavy atom. The molecular formula is C12H18N2O5S. The van der Waals surface area contributed by atoms with Gasteiger partial charge < -0.3 is 4.74 Å². The molecule has 7 nitrogen and oxygen atoms in total. The summed E-state index contributed by atoms with van der Waals surface area (Å²) in [4.78, 5) is 10.5. The van der Waals surface area contributed by atoms with Gasteiger partial charge in [0.1, 0.15) is 0 Å². The standard InChI is InChI=1S/C12H18N2O5S/c1-8-4-10(3)12(11(5-8)14(15)16)19-6-9(2)7-20(13,17)18/h4-5,9H,6-7H2,1-3H3,(H2,13,17,18). The minimum absolute atomic E-state index is 0.0428. The molecule has 0 bridgehead atoms. The molecule has 1 aromatic rings. The third kappa shape index (κ3) is 4.78. The molecule has 1 unspecified atom stereocenters. The molecule has 0 aliphatic rings. The van der Waals surface area contributed by atoms with Crippen molar-refractivity contribution in [2.45, 2.75) is 20.8 Å². The van der Waals surface area contributed by atoms with Gasteiger partial charge >= 0.3 is 5.69 Å². The summed E-state index contributed by atoms with van der Waals surface area (Å²) in [6.07, 6.45) is 0. The molecule has 0 saturated heterocycles. The van der Waals surface area contributed by atoms with E-state index in [1.165, 1.54) is 6.07 Å². The van der Waals surface area contributed by atoms with Crippen LogP contribution in [0.4, 0.5) is 5.69 Å². The lowest BCUT2D eigenvalue weighted by molar-refractivity contribution is -0.386. The Morgan fingerprint density at radius 1 is 1.40 bits per heavy atom. The van der Waals surface area contributed by atoms with Crippen molar-refractivity contribution in [2.24, 2.45) is 11.1 Å². The summed E-state index contributed by atoms with van der Waals surface area (Å²) >= 11 is 0. The van der Waals surface area contributed by atoms with Crippen molar-refractivity contribution in [1.29, 1.82) is 0 Å². The van der Waals surface area contributed by atoms with Crippen LogP contribution < -0.4 is 9.88 Å². The quantitative estimate of drug-likeness (QED) is 0.632. The Balaban J connectivity index is 2.90. The molecule has 0 radical (unpaired) electrons. The third-order valence-corrected chi connectivity index (χ3v) is 3.66. The van der Waals surface area contributed by atoms with Gasteiger partial charge in [-0.2, -0.15) is 0 Å². The zero-order chi connectivity index (χ0) is 15.5. The minimum Gasteiger partial charge on any atom is -0.486 e. The van der Waals surface area contributed by atoms with E-state index in [1.807, 2.05) is 0 Å². The van der Waals surface area contributed by atoms with Crippen LogP contribution in [0, 0.1) is 29.9 Å². The first-order valence-electron chi connectivity index (χ1n) is 5.99. The van der Waals surface area contributed by atoms with Gasteiger partial charge in [-0.3, -0.25) is 10.1 Å². The number of nitro benzene ring substituents is 1. The number of nitrogens with two attached hydrogens (primary N) is 1. The monoisotopic (exact) mass is 302 g/mol. The number of nitrogens with zero attached hydrogens (tertiary/aromatic N) is 1. The van der Waals surface area contributed by atoms with Crippen LogP contribution >= 0.6 is 0 Å². The van der Waals surface area contributed by atoms with Crippen LogP contribution in [-0.2, 0) is 10.0 Å². The fourth-order valence-corrected chi connectivity index (χ4v) is 2.81. The number of hydrogen-bond donors (Lipinski definition) is 1. The summed E-state index contributed by atoms with van der Waals surface area (Å²) in [6.45, 7) is 5.16. The van der Waals surface area contributed by atoms with E-state index in [9.17, 15) is 18.5 Å². The lowest BCUT2D eigenvalue weighted by Crippen LogP contribution is -2.25. The molecule has 1 atom stereocenters. The van der Waals surface area contributed by atoms with E-state index < -0.39 is 14.9 Å². The van der Waals surface area contributed by atoms with Gasteiger partial charge in [0.25, 0.3) is 0 Å². The highest BCUT2D eigenvalue weighted by Gasteiger charge is 2.20. The zero-order valence-corrected chi connectivity index (χ0v) is 12.4. The van der Waals surface area contributed by atoms with E-state index >= 15 is 0 Å². The maximum atomic E-state index is 11.0. The maximum Gasteiger partial charge on any atom is 0.311 e. The Kier molecular flexibility index (Phi) is 5.07. The number of nitro groups is 1. The SMILES string of the molecule is Cc1cc(C)c(OCC(C)CS(N)(=O)=O)c([N+](=O)[O-])c1. The van der Waals surface area contributed by atoms with Crippen molar-refractivity contribution in [3.63, 3.8) is 0 Å². The maximum absolute atomic E-state index is 11.0. The van der Waals surface area contributed by atoms with Crippen LogP contribution in [0.5, 0.6) is 5.75 Å². The summed E-state index contributed by atoms with van der Waals surface area (Å²) in [5.41, 5.74) is 1.28. The Bertz CT molecular complexity index is 613. The number of rotatable bonds is 6. The molecule has 0 fully saturated rings. The highest BCUT2D eigenvalue weighted by molar-refractivity contribution is 7.89. The van der Waals surface area contributed by atoms with Gasteiger partial charge in [0.2, 0.25) is 10.0 Å². The van der Waals surface area contributed by atoms with E-state index in [4.69, 9.17) is 9.88 Å². The molecular weight excluding hydrogens is 284 g/mol. The van der Waals surface area contributed by atoms with Crippen LogP contribution in [0.15, 0.2) is 12.1 Å². The van der Waals surface area contributed by atoms with Crippen molar-refractivity contribution in [1.82, 2.24) is 0 Å². The predicted molar refractivity (Wildman–Crippen MR) is 75.2 cm³/mol. The average molecular weight is 302 g/mol. The zero-order valence-electron chi connectivity index (χ0n) is 11.6. The van der Waals surface area contributed by atoms with Crippen molar-refractivity contribution >= 4 is 15.7 Å². The van der Waals surface area contributed by atoms with Crippen molar-refractivity contribution in [2.75, 3.05) is 12.4 Å². The number of hydrogen-bond acceptors (Lipinski definition) is 5. The van der Waals surface area contributed by atoms with Crippen LogP contribution in [0.2, 0.25) is 0 Å². The van der Waals surface area contributed by atoms with Crippen LogP contribution in [0.3, 0.4) is 0 Å². The van der Waals surface area contributed by atoms with Gasteiger partial charge in [-0.15, -0.1) is 0 Å². The average Bonchev–Trinajstić information content (AvgIpc) is 2.24. The van der Waals surface area contributed by atoms with Crippen molar-refractivity contribution in [3.8, 4) is 5.75 Å². The summed E-state index contributed by atoms with van der Waals surface area (Å²) in [5, 5.41) is 16.0. The van der Waals surface area contributed by atoms with E-state index in [0.717, 1.165) is 5.56 Å². The van der Waals surface area contributed by atoms with Gasteiger partial charge in [-0.25, -0.2) is 13.6 Å². The molecule has 20 heavy (non-hydrogen) atoms.